The largest absolute Gasteiger partial charge is 0.414 e. The first kappa shape index (κ1) is 17.9. The van der Waals surface area contributed by atoms with Crippen molar-refractivity contribution in [2.75, 3.05) is 6.61 Å². The molecule has 1 aliphatic rings. The third-order valence-electron chi connectivity index (χ3n) is 5.11. The second-order valence-electron chi connectivity index (χ2n) is 7.91. The van der Waals surface area contributed by atoms with Crippen molar-refractivity contribution in [2.24, 2.45) is 5.92 Å². The van der Waals surface area contributed by atoms with Crippen LogP contribution in [0.15, 0.2) is 11.6 Å². The van der Waals surface area contributed by atoms with Gasteiger partial charge < -0.3 is 9.53 Å². The van der Waals surface area contributed by atoms with Crippen molar-refractivity contribution >= 4 is 8.32 Å². The molecule has 1 saturated carbocycles. The van der Waals surface area contributed by atoms with Crippen molar-refractivity contribution < 1.29 is 9.53 Å². The van der Waals surface area contributed by atoms with Crippen LogP contribution in [0.25, 0.3) is 0 Å². The van der Waals surface area contributed by atoms with Crippen LogP contribution in [-0.2, 0) is 4.43 Å². The molecule has 0 aromatic heterocycles. The van der Waals surface area contributed by atoms with Gasteiger partial charge in [-0.2, -0.15) is 0 Å². The van der Waals surface area contributed by atoms with Gasteiger partial charge in [-0.15, -0.1) is 0 Å². The second-order valence-corrected chi connectivity index (χ2v) is 12.7. The minimum absolute atomic E-state index is 0.181. The van der Waals surface area contributed by atoms with E-state index in [0.29, 0.717) is 12.0 Å². The van der Waals surface area contributed by atoms with Gasteiger partial charge in [0.2, 0.25) is 0 Å². The monoisotopic (exact) mass is 298 g/mol. The highest BCUT2D eigenvalue weighted by molar-refractivity contribution is 6.74. The summed E-state index contributed by atoms with van der Waals surface area (Å²) in [6.45, 7) is 13.8. The van der Waals surface area contributed by atoms with E-state index in [1.165, 1.54) is 25.7 Å². The van der Waals surface area contributed by atoms with Crippen LogP contribution in [0.4, 0.5) is 0 Å². The van der Waals surface area contributed by atoms with Gasteiger partial charge in [0.1, 0.15) is 0 Å². The number of hydrogen-bond acceptors (Lipinski definition) is 2. The number of rotatable bonds is 5. The van der Waals surface area contributed by atoms with Gasteiger partial charge in [-0.3, -0.25) is 0 Å². The van der Waals surface area contributed by atoms with Gasteiger partial charge in [0.15, 0.2) is 8.32 Å². The number of aliphatic hydroxyl groups excluding tert-OH is 1. The van der Waals surface area contributed by atoms with Crippen LogP contribution in [-0.4, -0.2) is 26.1 Å². The lowest BCUT2D eigenvalue weighted by Crippen LogP contribution is -2.46. The minimum Gasteiger partial charge on any atom is -0.414 e. The predicted molar refractivity (Wildman–Crippen MR) is 89.5 cm³/mol. The lowest BCUT2D eigenvalue weighted by molar-refractivity contribution is 0.0803. The Morgan fingerprint density at radius 1 is 1.25 bits per heavy atom. The van der Waals surface area contributed by atoms with E-state index in [1.54, 1.807) is 0 Å². The molecule has 0 radical (unpaired) electrons. The van der Waals surface area contributed by atoms with Crippen molar-refractivity contribution in [3.8, 4) is 0 Å². The van der Waals surface area contributed by atoms with Crippen molar-refractivity contribution in [2.45, 2.75) is 84.0 Å². The first-order valence-corrected chi connectivity index (χ1v) is 11.0. The molecule has 0 aliphatic heterocycles. The molecule has 1 rings (SSSR count). The molecule has 20 heavy (non-hydrogen) atoms. The Balaban J connectivity index is 2.70. The van der Waals surface area contributed by atoms with Crippen molar-refractivity contribution in [1.82, 2.24) is 0 Å². The fraction of sp³-hybridized carbons (Fsp3) is 0.882. The summed E-state index contributed by atoms with van der Waals surface area (Å²) in [5.74, 6) is 0.638. The molecule has 1 N–H and O–H groups in total. The zero-order valence-corrected chi connectivity index (χ0v) is 15.3. The van der Waals surface area contributed by atoms with Gasteiger partial charge in [-0.05, 0) is 50.2 Å². The molecule has 118 valence electrons. The fourth-order valence-electron chi connectivity index (χ4n) is 2.57. The molecule has 3 heteroatoms. The molecule has 0 spiro atoms. The van der Waals surface area contributed by atoms with E-state index >= 15 is 0 Å². The standard InChI is InChI=1S/C17H34O2Si/c1-14(13-18)11-12-15-9-7-8-10-16(15)19-20(5,6)17(2,3)4/h11,15-16,18H,7-10,12-13H2,1-6H3/b14-11+/t15-,16+/m1/s1. The van der Waals surface area contributed by atoms with Gasteiger partial charge in [0.05, 0.1) is 6.61 Å². The molecule has 1 aliphatic carbocycles. The maximum atomic E-state index is 9.13. The SMILES string of the molecule is C/C(=C\C[C@H]1CCCC[C@@H]1O[Si](C)(C)C(C)(C)C)CO. The molecule has 1 fully saturated rings. The van der Waals surface area contributed by atoms with Crippen LogP contribution in [0.3, 0.4) is 0 Å². The summed E-state index contributed by atoms with van der Waals surface area (Å²) < 4.78 is 6.67. The quantitative estimate of drug-likeness (QED) is 0.578. The van der Waals surface area contributed by atoms with Crippen LogP contribution >= 0.6 is 0 Å². The van der Waals surface area contributed by atoms with E-state index in [-0.39, 0.29) is 11.6 Å². The Morgan fingerprint density at radius 2 is 1.85 bits per heavy atom. The van der Waals surface area contributed by atoms with E-state index in [0.717, 1.165) is 12.0 Å². The Kier molecular flexibility index (Phi) is 6.48. The number of aliphatic hydroxyl groups is 1. The summed E-state index contributed by atoms with van der Waals surface area (Å²) in [6.07, 6.45) is 8.81. The second kappa shape index (κ2) is 7.23. The first-order valence-electron chi connectivity index (χ1n) is 8.11. The highest BCUT2D eigenvalue weighted by atomic mass is 28.4. The Hall–Kier alpha value is -0.123. The summed E-state index contributed by atoms with van der Waals surface area (Å²) in [5.41, 5.74) is 1.08. The van der Waals surface area contributed by atoms with E-state index in [2.05, 4.69) is 39.9 Å². The molecular formula is C17H34O2Si. The Bertz CT molecular complexity index is 328. The van der Waals surface area contributed by atoms with Gasteiger partial charge in [-0.1, -0.05) is 45.3 Å². The molecule has 0 unspecified atom stereocenters. The smallest absolute Gasteiger partial charge is 0.192 e. The lowest BCUT2D eigenvalue weighted by atomic mass is 9.84. The average Bonchev–Trinajstić information content (AvgIpc) is 2.35. The van der Waals surface area contributed by atoms with Crippen LogP contribution in [0.2, 0.25) is 18.1 Å². The van der Waals surface area contributed by atoms with Crippen LogP contribution in [0.1, 0.15) is 59.8 Å². The zero-order valence-electron chi connectivity index (χ0n) is 14.3. The van der Waals surface area contributed by atoms with Crippen molar-refractivity contribution in [1.29, 1.82) is 0 Å². The topological polar surface area (TPSA) is 29.5 Å². The molecule has 0 aromatic rings. The van der Waals surface area contributed by atoms with Gasteiger partial charge in [-0.25, -0.2) is 0 Å². The third-order valence-corrected chi connectivity index (χ3v) is 9.61. The lowest BCUT2D eigenvalue weighted by Gasteiger charge is -2.43. The van der Waals surface area contributed by atoms with Gasteiger partial charge in [0, 0.05) is 6.10 Å². The molecule has 2 nitrogen and oxygen atoms in total. The maximum Gasteiger partial charge on any atom is 0.192 e. The summed E-state index contributed by atoms with van der Waals surface area (Å²) in [6, 6.07) is 0. The Morgan fingerprint density at radius 3 is 2.40 bits per heavy atom. The summed E-state index contributed by atoms with van der Waals surface area (Å²) >= 11 is 0. The number of allylic oxidation sites excluding steroid dienone is 1. The normalized spacial score (nSPS) is 25.9. The predicted octanol–water partition coefficient (Wildman–Crippen LogP) is 4.90. The van der Waals surface area contributed by atoms with E-state index in [1.807, 2.05) is 6.92 Å². The Labute approximate surface area is 126 Å². The molecule has 0 aromatic carbocycles. The summed E-state index contributed by atoms with van der Waals surface area (Å²) in [4.78, 5) is 0. The number of hydrogen-bond donors (Lipinski definition) is 1. The van der Waals surface area contributed by atoms with Gasteiger partial charge in [0.25, 0.3) is 0 Å². The maximum absolute atomic E-state index is 9.13. The van der Waals surface area contributed by atoms with Crippen molar-refractivity contribution in [3.05, 3.63) is 11.6 Å². The van der Waals surface area contributed by atoms with E-state index in [4.69, 9.17) is 9.53 Å². The highest BCUT2D eigenvalue weighted by Gasteiger charge is 2.40. The first-order chi connectivity index (χ1) is 9.17. The zero-order chi connectivity index (χ0) is 15.4. The molecule has 2 atom stereocenters. The molecule has 0 heterocycles. The molecule has 0 amide bonds. The molecule has 0 bridgehead atoms. The van der Waals surface area contributed by atoms with E-state index in [9.17, 15) is 0 Å². The summed E-state index contributed by atoms with van der Waals surface area (Å²) in [5, 5.41) is 9.41. The van der Waals surface area contributed by atoms with Crippen LogP contribution < -0.4 is 0 Å². The highest BCUT2D eigenvalue weighted by Crippen LogP contribution is 2.40. The van der Waals surface area contributed by atoms with Crippen molar-refractivity contribution in [3.63, 3.8) is 0 Å². The minimum atomic E-state index is -1.67. The van der Waals surface area contributed by atoms with E-state index < -0.39 is 8.32 Å². The molecular weight excluding hydrogens is 264 g/mol. The third kappa shape index (κ3) is 5.01. The van der Waals surface area contributed by atoms with Crippen LogP contribution in [0.5, 0.6) is 0 Å². The summed E-state index contributed by atoms with van der Waals surface area (Å²) in [7, 11) is -1.67. The average molecular weight is 299 g/mol. The molecule has 0 saturated heterocycles. The van der Waals surface area contributed by atoms with Crippen LogP contribution in [0, 0.1) is 5.92 Å². The van der Waals surface area contributed by atoms with Gasteiger partial charge >= 0.3 is 0 Å². The fourth-order valence-corrected chi connectivity index (χ4v) is 3.99.